The van der Waals surface area contributed by atoms with Crippen LogP contribution in [0.25, 0.3) is 0 Å². The Morgan fingerprint density at radius 1 is 1.53 bits per heavy atom. The van der Waals surface area contributed by atoms with Gasteiger partial charge in [-0.15, -0.1) is 0 Å². The zero-order chi connectivity index (χ0) is 13.1. The third-order valence-corrected chi connectivity index (χ3v) is 2.89. The smallest absolute Gasteiger partial charge is 0.234 e. The standard InChI is InChI=1S/C12H24N2O3/c1-9-12(16,5-6-17-9)8-13-7-10(15)14-11(2,3)4/h9,13,16H,5-8H2,1-4H3,(H,14,15). The van der Waals surface area contributed by atoms with E-state index in [1.165, 1.54) is 0 Å². The van der Waals surface area contributed by atoms with Gasteiger partial charge in [0.1, 0.15) is 5.60 Å². The van der Waals surface area contributed by atoms with E-state index in [1.54, 1.807) is 0 Å². The second-order valence-electron chi connectivity index (χ2n) is 5.77. The number of hydrogen-bond acceptors (Lipinski definition) is 4. The van der Waals surface area contributed by atoms with Crippen LogP contribution in [0.3, 0.4) is 0 Å². The lowest BCUT2D eigenvalue weighted by Crippen LogP contribution is -2.50. The number of amides is 1. The Morgan fingerprint density at radius 3 is 2.65 bits per heavy atom. The van der Waals surface area contributed by atoms with Crippen LogP contribution >= 0.6 is 0 Å². The van der Waals surface area contributed by atoms with E-state index < -0.39 is 5.60 Å². The molecule has 1 aliphatic heterocycles. The van der Waals surface area contributed by atoms with Crippen LogP contribution in [0.5, 0.6) is 0 Å². The molecule has 0 aromatic carbocycles. The Balaban J connectivity index is 2.26. The van der Waals surface area contributed by atoms with Crippen molar-refractivity contribution in [2.24, 2.45) is 0 Å². The molecule has 2 unspecified atom stereocenters. The van der Waals surface area contributed by atoms with Gasteiger partial charge in [-0.25, -0.2) is 0 Å². The third-order valence-electron chi connectivity index (χ3n) is 2.89. The molecule has 100 valence electrons. The monoisotopic (exact) mass is 244 g/mol. The predicted molar refractivity (Wildman–Crippen MR) is 65.7 cm³/mol. The summed E-state index contributed by atoms with van der Waals surface area (Å²) in [4.78, 5) is 11.5. The maximum absolute atomic E-state index is 11.5. The average Bonchev–Trinajstić information content (AvgIpc) is 2.44. The van der Waals surface area contributed by atoms with Crippen LogP contribution in [0.15, 0.2) is 0 Å². The minimum absolute atomic E-state index is 0.0623. The second-order valence-corrected chi connectivity index (χ2v) is 5.77. The van der Waals surface area contributed by atoms with E-state index in [9.17, 15) is 9.90 Å². The molecule has 1 rings (SSSR count). The first kappa shape index (κ1) is 14.4. The number of rotatable bonds is 4. The summed E-state index contributed by atoms with van der Waals surface area (Å²) in [6.45, 7) is 8.83. The van der Waals surface area contributed by atoms with Crippen molar-refractivity contribution in [1.29, 1.82) is 0 Å². The molecule has 0 bridgehead atoms. The molecule has 17 heavy (non-hydrogen) atoms. The lowest BCUT2D eigenvalue weighted by atomic mass is 9.97. The van der Waals surface area contributed by atoms with Crippen molar-refractivity contribution in [3.05, 3.63) is 0 Å². The van der Waals surface area contributed by atoms with Crippen LogP contribution in [-0.4, -0.2) is 48.0 Å². The molecule has 0 aromatic heterocycles. The molecule has 5 nitrogen and oxygen atoms in total. The molecule has 0 aromatic rings. The van der Waals surface area contributed by atoms with Crippen molar-refractivity contribution in [3.8, 4) is 0 Å². The van der Waals surface area contributed by atoms with Crippen molar-refractivity contribution < 1.29 is 14.6 Å². The van der Waals surface area contributed by atoms with Crippen LogP contribution < -0.4 is 10.6 Å². The summed E-state index contributed by atoms with van der Waals surface area (Å²) < 4.78 is 5.32. The fourth-order valence-corrected chi connectivity index (χ4v) is 1.86. The lowest BCUT2D eigenvalue weighted by molar-refractivity contribution is -0.121. The zero-order valence-corrected chi connectivity index (χ0v) is 11.2. The van der Waals surface area contributed by atoms with Gasteiger partial charge in [0.25, 0.3) is 0 Å². The number of carbonyl (C=O) groups excluding carboxylic acids is 1. The molecule has 3 N–H and O–H groups in total. The minimum atomic E-state index is -0.845. The molecule has 1 fully saturated rings. The molecule has 1 saturated heterocycles. The molecule has 0 saturated carbocycles. The van der Waals surface area contributed by atoms with Crippen molar-refractivity contribution in [2.75, 3.05) is 19.7 Å². The average molecular weight is 244 g/mol. The summed E-state index contributed by atoms with van der Waals surface area (Å²) in [7, 11) is 0. The Morgan fingerprint density at radius 2 is 2.18 bits per heavy atom. The summed E-state index contributed by atoms with van der Waals surface area (Å²) in [5.74, 6) is -0.0623. The highest BCUT2D eigenvalue weighted by atomic mass is 16.5. The highest BCUT2D eigenvalue weighted by molar-refractivity contribution is 5.78. The molecule has 5 heteroatoms. The fourth-order valence-electron chi connectivity index (χ4n) is 1.86. The summed E-state index contributed by atoms with van der Waals surface area (Å²) in [5, 5.41) is 16.0. The van der Waals surface area contributed by atoms with Gasteiger partial charge in [0, 0.05) is 25.1 Å². The van der Waals surface area contributed by atoms with Crippen LogP contribution in [0.2, 0.25) is 0 Å². The van der Waals surface area contributed by atoms with E-state index in [1.807, 2.05) is 27.7 Å². The van der Waals surface area contributed by atoms with Gasteiger partial charge in [-0.1, -0.05) is 0 Å². The Labute approximate surface area is 103 Å². The lowest BCUT2D eigenvalue weighted by Gasteiger charge is -2.26. The molecule has 2 atom stereocenters. The number of aliphatic hydroxyl groups is 1. The number of hydrogen-bond donors (Lipinski definition) is 3. The van der Waals surface area contributed by atoms with Crippen LogP contribution in [0, 0.1) is 0 Å². The predicted octanol–water partition coefficient (Wildman–Crippen LogP) is 0.0306. The normalized spacial score (nSPS) is 29.4. The van der Waals surface area contributed by atoms with Crippen molar-refractivity contribution >= 4 is 5.91 Å². The van der Waals surface area contributed by atoms with Crippen molar-refractivity contribution in [1.82, 2.24) is 10.6 Å². The molecular weight excluding hydrogens is 220 g/mol. The number of nitrogens with one attached hydrogen (secondary N) is 2. The fraction of sp³-hybridized carbons (Fsp3) is 0.917. The van der Waals surface area contributed by atoms with Crippen LogP contribution in [0.4, 0.5) is 0 Å². The zero-order valence-electron chi connectivity index (χ0n) is 11.2. The first-order valence-electron chi connectivity index (χ1n) is 6.09. The van der Waals surface area contributed by atoms with E-state index in [-0.39, 0.29) is 24.1 Å². The second kappa shape index (κ2) is 5.33. The van der Waals surface area contributed by atoms with Gasteiger partial charge in [0.05, 0.1) is 12.6 Å². The summed E-state index contributed by atoms with van der Waals surface area (Å²) in [6, 6.07) is 0. The van der Waals surface area contributed by atoms with Crippen molar-refractivity contribution in [2.45, 2.75) is 51.4 Å². The van der Waals surface area contributed by atoms with E-state index in [4.69, 9.17) is 4.74 Å². The van der Waals surface area contributed by atoms with E-state index >= 15 is 0 Å². The van der Waals surface area contributed by atoms with Gasteiger partial charge in [0.2, 0.25) is 5.91 Å². The quantitative estimate of drug-likeness (QED) is 0.652. The van der Waals surface area contributed by atoms with Crippen LogP contribution in [0.1, 0.15) is 34.1 Å². The maximum atomic E-state index is 11.5. The molecule has 1 amide bonds. The molecule has 0 spiro atoms. The van der Waals surface area contributed by atoms with E-state index in [0.717, 1.165) is 0 Å². The van der Waals surface area contributed by atoms with Gasteiger partial charge in [-0.3, -0.25) is 4.79 Å². The number of ether oxygens (including phenoxy) is 1. The first-order valence-corrected chi connectivity index (χ1v) is 6.09. The molecule has 1 aliphatic rings. The van der Waals surface area contributed by atoms with E-state index in [0.29, 0.717) is 19.6 Å². The Hall–Kier alpha value is -0.650. The summed E-state index contributed by atoms with van der Waals surface area (Å²) in [5.41, 5.74) is -1.07. The minimum Gasteiger partial charge on any atom is -0.386 e. The summed E-state index contributed by atoms with van der Waals surface area (Å²) >= 11 is 0. The maximum Gasteiger partial charge on any atom is 0.234 e. The van der Waals surface area contributed by atoms with Gasteiger partial charge < -0.3 is 20.5 Å². The number of carbonyl (C=O) groups is 1. The van der Waals surface area contributed by atoms with E-state index in [2.05, 4.69) is 10.6 Å². The first-order chi connectivity index (χ1) is 7.73. The Bertz CT molecular complexity index is 275. The largest absolute Gasteiger partial charge is 0.386 e. The molecular formula is C12H24N2O3. The highest BCUT2D eigenvalue weighted by Gasteiger charge is 2.39. The van der Waals surface area contributed by atoms with Gasteiger partial charge in [-0.2, -0.15) is 0 Å². The topological polar surface area (TPSA) is 70.6 Å². The molecule has 0 aliphatic carbocycles. The van der Waals surface area contributed by atoms with Crippen molar-refractivity contribution in [3.63, 3.8) is 0 Å². The SMILES string of the molecule is CC1OCCC1(O)CNCC(=O)NC(C)(C)C. The van der Waals surface area contributed by atoms with Gasteiger partial charge >= 0.3 is 0 Å². The summed E-state index contributed by atoms with van der Waals surface area (Å²) in [6.07, 6.45) is 0.433. The molecule has 1 heterocycles. The van der Waals surface area contributed by atoms with Crippen LogP contribution in [-0.2, 0) is 9.53 Å². The van der Waals surface area contributed by atoms with Gasteiger partial charge in [0.15, 0.2) is 0 Å². The molecule has 0 radical (unpaired) electrons. The highest BCUT2D eigenvalue weighted by Crippen LogP contribution is 2.24. The Kier molecular flexibility index (Phi) is 4.52. The third kappa shape index (κ3) is 4.61. The van der Waals surface area contributed by atoms with Gasteiger partial charge in [-0.05, 0) is 27.7 Å².